The molecule has 0 amide bonds. The van der Waals surface area contributed by atoms with Crippen LogP contribution in [0.3, 0.4) is 0 Å². The van der Waals surface area contributed by atoms with E-state index in [9.17, 15) is 4.39 Å². The molecule has 3 rings (SSSR count). The molecular weight excluding hydrogens is 243 g/mol. The molecule has 0 saturated heterocycles. The number of aliphatic imine (C=N–C) groups is 1. The Hall–Kier alpha value is -2.04. The molecule has 1 aromatic rings. The number of rotatable bonds is 2. The van der Waals surface area contributed by atoms with Crippen LogP contribution in [0.2, 0.25) is 0 Å². The molecule has 1 aromatic heterocycles. The van der Waals surface area contributed by atoms with E-state index in [1.165, 1.54) is 6.33 Å². The van der Waals surface area contributed by atoms with Crippen molar-refractivity contribution in [1.82, 2.24) is 9.97 Å². The van der Waals surface area contributed by atoms with Crippen molar-refractivity contribution < 1.29 is 4.39 Å². The number of nitrogens with zero attached hydrogens (tertiary/aromatic N) is 3. The Bertz CT molecular complexity index is 632. The lowest BCUT2D eigenvalue weighted by Crippen LogP contribution is -2.26. The summed E-state index contributed by atoms with van der Waals surface area (Å²) >= 11 is 0. The fourth-order valence-electron chi connectivity index (χ4n) is 2.50. The third-order valence-corrected chi connectivity index (χ3v) is 3.77. The largest absolute Gasteiger partial charge is 0.386 e. The molecule has 2 atom stereocenters. The highest BCUT2D eigenvalue weighted by molar-refractivity contribution is 5.94. The Morgan fingerprint density at radius 2 is 2.26 bits per heavy atom. The second-order valence-electron chi connectivity index (χ2n) is 5.21. The van der Waals surface area contributed by atoms with E-state index in [4.69, 9.17) is 5.73 Å². The SMILES string of the molecule is CC1=CC2CC2(C(N)=Nc2cc(C)ncn2)C=C1F. The van der Waals surface area contributed by atoms with E-state index in [0.29, 0.717) is 17.2 Å². The lowest BCUT2D eigenvalue weighted by Gasteiger charge is -2.16. The predicted octanol–water partition coefficient (Wildman–Crippen LogP) is 2.59. The molecule has 2 aliphatic rings. The Labute approximate surface area is 111 Å². The average Bonchev–Trinajstić information content (AvgIpc) is 3.04. The molecule has 98 valence electrons. The summed E-state index contributed by atoms with van der Waals surface area (Å²) < 4.78 is 13.7. The molecule has 0 radical (unpaired) electrons. The molecule has 1 fully saturated rings. The van der Waals surface area contributed by atoms with Crippen LogP contribution in [0.15, 0.2) is 40.9 Å². The van der Waals surface area contributed by atoms with E-state index in [0.717, 1.165) is 12.1 Å². The molecular formula is C14H15FN4. The number of amidine groups is 1. The number of halogens is 1. The fraction of sp³-hybridized carbons (Fsp3) is 0.357. The van der Waals surface area contributed by atoms with E-state index in [1.807, 2.05) is 13.0 Å². The highest BCUT2D eigenvalue weighted by Crippen LogP contribution is 2.58. The van der Waals surface area contributed by atoms with Gasteiger partial charge in [0.2, 0.25) is 0 Å². The van der Waals surface area contributed by atoms with Crippen LogP contribution in [0.5, 0.6) is 0 Å². The summed E-state index contributed by atoms with van der Waals surface area (Å²) in [7, 11) is 0. The summed E-state index contributed by atoms with van der Waals surface area (Å²) in [4.78, 5) is 12.4. The van der Waals surface area contributed by atoms with Gasteiger partial charge in [-0.2, -0.15) is 0 Å². The maximum absolute atomic E-state index is 13.7. The van der Waals surface area contributed by atoms with E-state index in [-0.39, 0.29) is 11.7 Å². The number of allylic oxidation sites excluding steroid dienone is 3. The minimum atomic E-state index is -0.442. The molecule has 0 spiro atoms. The van der Waals surface area contributed by atoms with Gasteiger partial charge in [-0.3, -0.25) is 0 Å². The van der Waals surface area contributed by atoms with Gasteiger partial charge in [0.1, 0.15) is 18.0 Å². The normalized spacial score (nSPS) is 29.4. The van der Waals surface area contributed by atoms with Gasteiger partial charge in [0, 0.05) is 11.8 Å². The number of nitrogens with two attached hydrogens (primary N) is 1. The molecule has 2 aliphatic carbocycles. The van der Waals surface area contributed by atoms with Crippen LogP contribution in [-0.4, -0.2) is 15.8 Å². The van der Waals surface area contributed by atoms with Gasteiger partial charge in [-0.05, 0) is 37.8 Å². The van der Waals surface area contributed by atoms with Crippen LogP contribution in [-0.2, 0) is 0 Å². The van der Waals surface area contributed by atoms with Crippen LogP contribution in [0, 0.1) is 18.3 Å². The second kappa shape index (κ2) is 3.98. The van der Waals surface area contributed by atoms with Crippen LogP contribution in [0.25, 0.3) is 0 Å². The maximum atomic E-state index is 13.7. The van der Waals surface area contributed by atoms with Gasteiger partial charge in [0.15, 0.2) is 5.82 Å². The highest BCUT2D eigenvalue weighted by atomic mass is 19.1. The summed E-state index contributed by atoms with van der Waals surface area (Å²) in [5, 5.41) is 0. The molecule has 2 unspecified atom stereocenters. The quantitative estimate of drug-likeness (QED) is 0.655. The molecule has 1 heterocycles. The number of hydrogen-bond acceptors (Lipinski definition) is 3. The van der Waals surface area contributed by atoms with Crippen molar-refractivity contribution in [2.24, 2.45) is 22.1 Å². The van der Waals surface area contributed by atoms with E-state index < -0.39 is 5.41 Å². The fourth-order valence-corrected chi connectivity index (χ4v) is 2.50. The van der Waals surface area contributed by atoms with Gasteiger partial charge in [0.05, 0.1) is 5.41 Å². The lowest BCUT2D eigenvalue weighted by molar-refractivity contribution is 0.617. The van der Waals surface area contributed by atoms with Crippen molar-refractivity contribution >= 4 is 11.7 Å². The van der Waals surface area contributed by atoms with Gasteiger partial charge in [-0.25, -0.2) is 19.4 Å². The standard InChI is InChI=1S/C14H15FN4/c1-8-3-10-5-14(10,6-11(8)15)13(16)19-12-4-9(2)17-7-18-12/h3-4,6-7,10H,5H2,1-2H3,(H2,16,17,18,19). The average molecular weight is 258 g/mol. The lowest BCUT2D eigenvalue weighted by atomic mass is 9.94. The number of hydrogen-bond donors (Lipinski definition) is 1. The maximum Gasteiger partial charge on any atom is 0.157 e. The van der Waals surface area contributed by atoms with Crippen LogP contribution >= 0.6 is 0 Å². The molecule has 0 aromatic carbocycles. The van der Waals surface area contributed by atoms with Gasteiger partial charge >= 0.3 is 0 Å². The Kier molecular flexibility index (Phi) is 2.52. The molecule has 4 nitrogen and oxygen atoms in total. The molecule has 0 aliphatic heterocycles. The van der Waals surface area contributed by atoms with Crippen molar-refractivity contribution in [3.05, 3.63) is 41.6 Å². The first kappa shape index (κ1) is 12.0. The van der Waals surface area contributed by atoms with Gasteiger partial charge in [0.25, 0.3) is 0 Å². The Morgan fingerprint density at radius 1 is 1.47 bits per heavy atom. The summed E-state index contributed by atoms with van der Waals surface area (Å²) in [6.07, 6.45) is 5.80. The van der Waals surface area contributed by atoms with Crippen LogP contribution < -0.4 is 5.73 Å². The van der Waals surface area contributed by atoms with Crippen molar-refractivity contribution in [3.63, 3.8) is 0 Å². The van der Waals surface area contributed by atoms with Crippen molar-refractivity contribution in [2.45, 2.75) is 20.3 Å². The number of aromatic nitrogens is 2. The zero-order valence-corrected chi connectivity index (χ0v) is 10.9. The minimum absolute atomic E-state index is 0.203. The third-order valence-electron chi connectivity index (χ3n) is 3.77. The molecule has 1 saturated carbocycles. The van der Waals surface area contributed by atoms with E-state index in [1.54, 1.807) is 19.1 Å². The molecule has 2 N–H and O–H groups in total. The third kappa shape index (κ3) is 1.95. The van der Waals surface area contributed by atoms with Crippen LogP contribution in [0.1, 0.15) is 19.0 Å². The number of aryl methyl sites for hydroxylation is 1. The summed E-state index contributed by atoms with van der Waals surface area (Å²) in [6, 6.07) is 1.75. The van der Waals surface area contributed by atoms with Gasteiger partial charge < -0.3 is 5.73 Å². The number of fused-ring (bicyclic) bond motifs is 1. The van der Waals surface area contributed by atoms with Crippen molar-refractivity contribution in [1.29, 1.82) is 0 Å². The molecule has 5 heteroatoms. The first-order valence-electron chi connectivity index (χ1n) is 6.22. The van der Waals surface area contributed by atoms with E-state index in [2.05, 4.69) is 15.0 Å². The van der Waals surface area contributed by atoms with Gasteiger partial charge in [-0.15, -0.1) is 0 Å². The zero-order valence-electron chi connectivity index (χ0n) is 10.9. The van der Waals surface area contributed by atoms with Crippen molar-refractivity contribution in [2.75, 3.05) is 0 Å². The molecule has 0 bridgehead atoms. The molecule has 19 heavy (non-hydrogen) atoms. The zero-order chi connectivity index (χ0) is 13.6. The van der Waals surface area contributed by atoms with Gasteiger partial charge in [-0.1, -0.05) is 6.08 Å². The predicted molar refractivity (Wildman–Crippen MR) is 71.5 cm³/mol. The summed E-state index contributed by atoms with van der Waals surface area (Å²) in [5.74, 6) is 1.00. The second-order valence-corrected chi connectivity index (χ2v) is 5.21. The minimum Gasteiger partial charge on any atom is -0.386 e. The first-order valence-corrected chi connectivity index (χ1v) is 6.22. The summed E-state index contributed by atoms with van der Waals surface area (Å²) in [6.45, 7) is 3.64. The monoisotopic (exact) mass is 258 g/mol. The first-order chi connectivity index (χ1) is 9.01. The van der Waals surface area contributed by atoms with Crippen molar-refractivity contribution in [3.8, 4) is 0 Å². The highest BCUT2D eigenvalue weighted by Gasteiger charge is 2.56. The Morgan fingerprint density at radius 3 is 3.00 bits per heavy atom. The van der Waals surface area contributed by atoms with Crippen LogP contribution in [0.4, 0.5) is 10.2 Å². The summed E-state index contributed by atoms with van der Waals surface area (Å²) in [5.41, 5.74) is 7.13. The smallest absolute Gasteiger partial charge is 0.157 e. The Balaban J connectivity index is 1.93. The topological polar surface area (TPSA) is 64.2 Å². The van der Waals surface area contributed by atoms with E-state index >= 15 is 0 Å².